The van der Waals surface area contributed by atoms with Gasteiger partial charge in [0.2, 0.25) is 5.88 Å². The van der Waals surface area contributed by atoms with E-state index in [4.69, 9.17) is 9.47 Å². The zero-order valence-electron chi connectivity index (χ0n) is 16.4. The predicted molar refractivity (Wildman–Crippen MR) is 107 cm³/mol. The Morgan fingerprint density at radius 3 is 2.62 bits per heavy atom. The molecule has 26 heavy (non-hydrogen) atoms. The molecule has 0 spiro atoms. The molecule has 5 heteroatoms. The SMILES string of the molecule is COc1ccc(N=Cc2cc3c(cc2OC)N(C)C(C)(C)CC3C)cn1. The van der Waals surface area contributed by atoms with Crippen molar-refractivity contribution in [1.82, 2.24) is 4.98 Å². The lowest BCUT2D eigenvalue weighted by molar-refractivity contribution is 0.389. The molecule has 1 aromatic heterocycles. The van der Waals surface area contributed by atoms with Crippen molar-refractivity contribution in [3.63, 3.8) is 0 Å². The monoisotopic (exact) mass is 353 g/mol. The van der Waals surface area contributed by atoms with Crippen LogP contribution in [0, 0.1) is 0 Å². The minimum Gasteiger partial charge on any atom is -0.496 e. The number of hydrogen-bond donors (Lipinski definition) is 0. The summed E-state index contributed by atoms with van der Waals surface area (Å²) in [5.74, 6) is 1.89. The van der Waals surface area contributed by atoms with Crippen LogP contribution in [0.25, 0.3) is 0 Å². The van der Waals surface area contributed by atoms with Crippen molar-refractivity contribution in [3.05, 3.63) is 41.6 Å². The third-order valence-electron chi connectivity index (χ3n) is 5.27. The fourth-order valence-electron chi connectivity index (χ4n) is 3.60. The minimum absolute atomic E-state index is 0.127. The Balaban J connectivity index is 1.97. The maximum absolute atomic E-state index is 5.63. The van der Waals surface area contributed by atoms with Gasteiger partial charge in [0.15, 0.2) is 0 Å². The predicted octanol–water partition coefficient (Wildman–Crippen LogP) is 4.57. The third-order valence-corrected chi connectivity index (χ3v) is 5.27. The summed E-state index contributed by atoms with van der Waals surface area (Å²) in [7, 11) is 5.45. The molecule has 0 radical (unpaired) electrons. The van der Waals surface area contributed by atoms with E-state index in [1.807, 2.05) is 12.3 Å². The number of ether oxygens (including phenoxy) is 2. The van der Waals surface area contributed by atoms with E-state index in [1.165, 1.54) is 11.3 Å². The average Bonchev–Trinajstić information content (AvgIpc) is 2.64. The lowest BCUT2D eigenvalue weighted by Crippen LogP contribution is -2.45. The van der Waals surface area contributed by atoms with Gasteiger partial charge in [-0.05, 0) is 43.9 Å². The molecular weight excluding hydrogens is 326 g/mol. The lowest BCUT2D eigenvalue weighted by atomic mass is 9.80. The molecule has 2 aromatic rings. The molecule has 138 valence electrons. The number of aromatic nitrogens is 1. The second-order valence-electron chi connectivity index (χ2n) is 7.45. The molecule has 0 N–H and O–H groups in total. The summed E-state index contributed by atoms with van der Waals surface area (Å²) in [6, 6.07) is 8.01. The number of benzene rings is 1. The van der Waals surface area contributed by atoms with Crippen molar-refractivity contribution in [2.24, 2.45) is 4.99 Å². The van der Waals surface area contributed by atoms with Gasteiger partial charge in [0, 0.05) is 42.2 Å². The van der Waals surface area contributed by atoms with Crippen LogP contribution in [0.4, 0.5) is 11.4 Å². The molecule has 1 aliphatic rings. The topological polar surface area (TPSA) is 47.0 Å². The molecule has 0 amide bonds. The van der Waals surface area contributed by atoms with Crippen molar-refractivity contribution < 1.29 is 9.47 Å². The van der Waals surface area contributed by atoms with Crippen LogP contribution >= 0.6 is 0 Å². The van der Waals surface area contributed by atoms with Crippen LogP contribution in [-0.2, 0) is 0 Å². The highest BCUT2D eigenvalue weighted by Crippen LogP contribution is 2.44. The summed E-state index contributed by atoms with van der Waals surface area (Å²) in [5, 5.41) is 0. The zero-order chi connectivity index (χ0) is 18.9. The Morgan fingerprint density at radius 2 is 2.00 bits per heavy atom. The molecule has 0 aliphatic carbocycles. The third kappa shape index (κ3) is 3.39. The van der Waals surface area contributed by atoms with Gasteiger partial charge in [0.1, 0.15) is 5.75 Å². The van der Waals surface area contributed by atoms with Gasteiger partial charge in [-0.3, -0.25) is 4.99 Å². The molecule has 0 saturated carbocycles. The standard InChI is InChI=1S/C21H27N3O2/c1-14-11-21(2,3)24(4)18-10-19(25-5)15(9-17(14)18)12-22-16-7-8-20(26-6)23-13-16/h7-10,12-14H,11H2,1-6H3. The van der Waals surface area contributed by atoms with Gasteiger partial charge in [0.25, 0.3) is 0 Å². The number of aliphatic imine (C=N–C) groups is 1. The fourth-order valence-corrected chi connectivity index (χ4v) is 3.60. The Bertz CT molecular complexity index is 813. The van der Waals surface area contributed by atoms with Gasteiger partial charge in [-0.15, -0.1) is 0 Å². The van der Waals surface area contributed by atoms with Crippen molar-refractivity contribution >= 4 is 17.6 Å². The number of pyridine rings is 1. The maximum atomic E-state index is 5.63. The molecule has 3 rings (SSSR count). The van der Waals surface area contributed by atoms with Gasteiger partial charge in [0.05, 0.1) is 26.1 Å². The van der Waals surface area contributed by atoms with Gasteiger partial charge in [-0.25, -0.2) is 4.98 Å². The molecule has 2 heterocycles. The summed E-state index contributed by atoms with van der Waals surface area (Å²) in [4.78, 5) is 11.1. The van der Waals surface area contributed by atoms with E-state index in [0.717, 1.165) is 23.4 Å². The van der Waals surface area contributed by atoms with Crippen LogP contribution in [0.2, 0.25) is 0 Å². The summed E-state index contributed by atoms with van der Waals surface area (Å²) in [5.41, 5.74) is 4.44. The Kier molecular flexibility index (Phi) is 4.90. The van der Waals surface area contributed by atoms with Gasteiger partial charge in [-0.2, -0.15) is 0 Å². The second-order valence-corrected chi connectivity index (χ2v) is 7.45. The largest absolute Gasteiger partial charge is 0.496 e. The van der Waals surface area contributed by atoms with Crippen LogP contribution in [0.5, 0.6) is 11.6 Å². The molecular formula is C21H27N3O2. The Labute approximate surface area is 155 Å². The van der Waals surface area contributed by atoms with Crippen LogP contribution < -0.4 is 14.4 Å². The fraction of sp³-hybridized carbons (Fsp3) is 0.429. The van der Waals surface area contributed by atoms with E-state index in [-0.39, 0.29) is 5.54 Å². The highest BCUT2D eigenvalue weighted by Gasteiger charge is 2.34. The second kappa shape index (κ2) is 6.98. The highest BCUT2D eigenvalue weighted by atomic mass is 16.5. The van der Waals surface area contributed by atoms with E-state index in [2.05, 4.69) is 54.8 Å². The van der Waals surface area contributed by atoms with Gasteiger partial charge < -0.3 is 14.4 Å². The first kappa shape index (κ1) is 18.2. The Morgan fingerprint density at radius 1 is 1.23 bits per heavy atom. The first-order valence-corrected chi connectivity index (χ1v) is 8.85. The molecule has 1 aromatic carbocycles. The van der Waals surface area contributed by atoms with E-state index in [1.54, 1.807) is 26.5 Å². The molecule has 0 bridgehead atoms. The molecule has 0 saturated heterocycles. The first-order valence-electron chi connectivity index (χ1n) is 8.85. The quantitative estimate of drug-likeness (QED) is 0.755. The molecule has 5 nitrogen and oxygen atoms in total. The van der Waals surface area contributed by atoms with E-state index >= 15 is 0 Å². The maximum Gasteiger partial charge on any atom is 0.213 e. The summed E-state index contributed by atoms with van der Waals surface area (Å²) in [6.45, 7) is 6.85. The van der Waals surface area contributed by atoms with Crippen LogP contribution in [0.1, 0.15) is 44.2 Å². The number of hydrogen-bond acceptors (Lipinski definition) is 5. The van der Waals surface area contributed by atoms with Crippen LogP contribution in [0.3, 0.4) is 0 Å². The van der Waals surface area contributed by atoms with E-state index < -0.39 is 0 Å². The minimum atomic E-state index is 0.127. The highest BCUT2D eigenvalue weighted by molar-refractivity contribution is 5.87. The lowest BCUT2D eigenvalue weighted by Gasteiger charge is -2.45. The van der Waals surface area contributed by atoms with E-state index in [0.29, 0.717) is 11.8 Å². The normalized spacial score (nSPS) is 18.7. The number of fused-ring (bicyclic) bond motifs is 1. The molecule has 1 aliphatic heterocycles. The number of anilines is 1. The van der Waals surface area contributed by atoms with Gasteiger partial charge in [-0.1, -0.05) is 6.92 Å². The number of methoxy groups -OCH3 is 2. The van der Waals surface area contributed by atoms with E-state index in [9.17, 15) is 0 Å². The van der Waals surface area contributed by atoms with Crippen LogP contribution in [0.15, 0.2) is 35.5 Å². The first-order chi connectivity index (χ1) is 12.4. The van der Waals surface area contributed by atoms with Crippen molar-refractivity contribution in [3.8, 4) is 11.6 Å². The van der Waals surface area contributed by atoms with Crippen molar-refractivity contribution in [2.45, 2.75) is 38.6 Å². The average molecular weight is 353 g/mol. The van der Waals surface area contributed by atoms with Crippen LogP contribution in [-0.4, -0.2) is 38.0 Å². The zero-order valence-corrected chi connectivity index (χ0v) is 16.4. The van der Waals surface area contributed by atoms with Crippen molar-refractivity contribution in [1.29, 1.82) is 0 Å². The summed E-state index contributed by atoms with van der Waals surface area (Å²) in [6.07, 6.45) is 4.65. The summed E-state index contributed by atoms with van der Waals surface area (Å²) >= 11 is 0. The smallest absolute Gasteiger partial charge is 0.213 e. The van der Waals surface area contributed by atoms with Gasteiger partial charge >= 0.3 is 0 Å². The molecule has 0 fully saturated rings. The number of nitrogens with zero attached hydrogens (tertiary/aromatic N) is 3. The molecule has 1 unspecified atom stereocenters. The molecule has 1 atom stereocenters. The Hall–Kier alpha value is -2.56. The van der Waals surface area contributed by atoms with Crippen molar-refractivity contribution in [2.75, 3.05) is 26.2 Å². The summed E-state index contributed by atoms with van der Waals surface area (Å²) < 4.78 is 10.7. The number of rotatable bonds is 4.